The first-order chi connectivity index (χ1) is 9.93. The van der Waals surface area contributed by atoms with Crippen LogP contribution in [0.5, 0.6) is 0 Å². The minimum Gasteiger partial charge on any atom is -0.457 e. The number of aliphatic hydroxyl groups excluding tert-OH is 3. The molecule has 3 fully saturated rings. The van der Waals surface area contributed by atoms with E-state index < -0.39 is 48.4 Å². The van der Waals surface area contributed by atoms with E-state index >= 15 is 0 Å². The lowest BCUT2D eigenvalue weighted by Crippen LogP contribution is -2.63. The molecule has 21 heavy (non-hydrogen) atoms. The lowest BCUT2D eigenvalue weighted by atomic mass is 9.85. The van der Waals surface area contributed by atoms with Gasteiger partial charge in [0.1, 0.15) is 30.5 Å². The van der Waals surface area contributed by atoms with Crippen molar-refractivity contribution in [2.24, 2.45) is 0 Å². The monoisotopic (exact) mass is 302 g/mol. The minimum atomic E-state index is -1.43. The Kier molecular flexibility index (Phi) is 3.96. The molecule has 7 heteroatoms. The van der Waals surface area contributed by atoms with Crippen molar-refractivity contribution in [2.75, 3.05) is 0 Å². The van der Waals surface area contributed by atoms with Gasteiger partial charge in [-0.3, -0.25) is 4.79 Å². The van der Waals surface area contributed by atoms with Gasteiger partial charge in [-0.25, -0.2) is 0 Å². The molecular weight excluding hydrogens is 280 g/mol. The second-order valence-electron chi connectivity index (χ2n) is 6.18. The Morgan fingerprint density at radius 1 is 1.00 bits per heavy atom. The van der Waals surface area contributed by atoms with E-state index in [1.165, 1.54) is 6.92 Å². The van der Waals surface area contributed by atoms with Crippen molar-refractivity contribution in [3.8, 4) is 0 Å². The summed E-state index contributed by atoms with van der Waals surface area (Å²) in [6.45, 7) is 1.23. The molecule has 0 unspecified atom stereocenters. The van der Waals surface area contributed by atoms with Gasteiger partial charge >= 0.3 is 5.97 Å². The Labute approximate surface area is 122 Å². The van der Waals surface area contributed by atoms with Crippen molar-refractivity contribution >= 4 is 5.97 Å². The molecule has 6 atom stereocenters. The maximum absolute atomic E-state index is 11.2. The maximum atomic E-state index is 11.2. The molecule has 3 N–H and O–H groups in total. The van der Waals surface area contributed by atoms with Gasteiger partial charge in [0.2, 0.25) is 0 Å². The molecule has 120 valence electrons. The molecule has 0 aromatic carbocycles. The summed E-state index contributed by atoms with van der Waals surface area (Å²) in [4.78, 5) is 11.2. The zero-order valence-corrected chi connectivity index (χ0v) is 12.0. The van der Waals surface area contributed by atoms with Crippen LogP contribution < -0.4 is 0 Å². The van der Waals surface area contributed by atoms with Crippen LogP contribution in [0.2, 0.25) is 0 Å². The second kappa shape index (κ2) is 5.48. The van der Waals surface area contributed by atoms with Crippen LogP contribution in [0.25, 0.3) is 0 Å². The van der Waals surface area contributed by atoms with Gasteiger partial charge in [-0.15, -0.1) is 0 Å². The lowest BCUT2D eigenvalue weighted by Gasteiger charge is -2.40. The molecular formula is C14H22O7. The first-order valence-corrected chi connectivity index (χ1v) is 7.51. The van der Waals surface area contributed by atoms with E-state index in [4.69, 9.17) is 14.2 Å². The minimum absolute atomic E-state index is 0.574. The molecule has 0 aromatic rings. The van der Waals surface area contributed by atoms with E-state index in [0.29, 0.717) is 12.8 Å². The molecule has 0 radical (unpaired) electrons. The topological polar surface area (TPSA) is 105 Å². The highest BCUT2D eigenvalue weighted by molar-refractivity contribution is 5.66. The van der Waals surface area contributed by atoms with Gasteiger partial charge in [0.15, 0.2) is 11.9 Å². The molecule has 7 nitrogen and oxygen atoms in total. The zero-order valence-electron chi connectivity index (χ0n) is 12.0. The molecule has 3 rings (SSSR count). The van der Waals surface area contributed by atoms with Crippen LogP contribution >= 0.6 is 0 Å². The van der Waals surface area contributed by atoms with E-state index in [1.54, 1.807) is 0 Å². The number of esters is 1. The van der Waals surface area contributed by atoms with Gasteiger partial charge in [-0.05, 0) is 12.8 Å². The van der Waals surface area contributed by atoms with Crippen molar-refractivity contribution in [1.29, 1.82) is 0 Å². The van der Waals surface area contributed by atoms with Gasteiger partial charge < -0.3 is 29.5 Å². The van der Waals surface area contributed by atoms with Crippen LogP contribution in [-0.2, 0) is 19.0 Å². The average Bonchev–Trinajstić information content (AvgIpc) is 2.81. The van der Waals surface area contributed by atoms with Crippen LogP contribution in [0.15, 0.2) is 0 Å². The normalized spacial score (nSPS) is 45.3. The van der Waals surface area contributed by atoms with Gasteiger partial charge in [-0.1, -0.05) is 6.42 Å². The summed E-state index contributed by atoms with van der Waals surface area (Å²) in [5.74, 6) is -1.37. The zero-order chi connectivity index (χ0) is 15.2. The largest absolute Gasteiger partial charge is 0.457 e. The Morgan fingerprint density at radius 2 is 1.62 bits per heavy atom. The number of fused-ring (bicyclic) bond motifs is 1. The third kappa shape index (κ3) is 2.57. The number of rotatable bonds is 1. The van der Waals surface area contributed by atoms with Crippen molar-refractivity contribution in [1.82, 2.24) is 0 Å². The van der Waals surface area contributed by atoms with Crippen molar-refractivity contribution in [3.05, 3.63) is 0 Å². The summed E-state index contributed by atoms with van der Waals surface area (Å²) in [5, 5.41) is 30.1. The van der Waals surface area contributed by atoms with Crippen molar-refractivity contribution in [2.45, 2.75) is 81.4 Å². The quantitative estimate of drug-likeness (QED) is 0.559. The molecule has 3 aliphatic rings. The average molecular weight is 302 g/mol. The molecule has 1 saturated heterocycles. The lowest BCUT2D eigenvalue weighted by molar-refractivity contribution is -0.211. The summed E-state index contributed by atoms with van der Waals surface area (Å²) in [7, 11) is 0. The van der Waals surface area contributed by atoms with Gasteiger partial charge in [-0.2, -0.15) is 0 Å². The Hall–Kier alpha value is -0.730. The summed E-state index contributed by atoms with van der Waals surface area (Å²) >= 11 is 0. The van der Waals surface area contributed by atoms with Gasteiger partial charge in [0.05, 0.1) is 0 Å². The van der Waals surface area contributed by atoms with E-state index in [9.17, 15) is 20.1 Å². The Balaban J connectivity index is 1.84. The molecule has 0 bridgehead atoms. The fraction of sp³-hybridized carbons (Fsp3) is 0.929. The predicted molar refractivity (Wildman–Crippen MR) is 69.1 cm³/mol. The van der Waals surface area contributed by atoms with E-state index in [0.717, 1.165) is 19.3 Å². The SMILES string of the molecule is CC(=O)O[C@@H]1[C@@H](O)[C@H](O)[C@@H](O)[C@H]2OC3(CCCCC3)O[C@H]21. The number of carbonyl (C=O) groups is 1. The first-order valence-electron chi connectivity index (χ1n) is 7.51. The van der Waals surface area contributed by atoms with E-state index in [2.05, 4.69) is 0 Å². The predicted octanol–water partition coefficient (Wildman–Crippen LogP) is -0.541. The standard InChI is InChI=1S/C14H22O7/c1-7(15)19-11-9(17)8(16)10(18)12-13(11)21-14(20-12)5-3-2-4-6-14/h8-13,16-18H,2-6H2,1H3/t8-,9-,10+,11+,12+,13-/m0/s1. The van der Waals surface area contributed by atoms with E-state index in [1.807, 2.05) is 0 Å². The van der Waals surface area contributed by atoms with Crippen molar-refractivity contribution < 1.29 is 34.3 Å². The highest BCUT2D eigenvalue weighted by Gasteiger charge is 2.60. The van der Waals surface area contributed by atoms with Crippen LogP contribution in [0.3, 0.4) is 0 Å². The van der Waals surface area contributed by atoms with E-state index in [-0.39, 0.29) is 0 Å². The fourth-order valence-electron chi connectivity index (χ4n) is 3.62. The van der Waals surface area contributed by atoms with Crippen LogP contribution in [0.4, 0.5) is 0 Å². The van der Waals surface area contributed by atoms with Gasteiger partial charge in [0, 0.05) is 19.8 Å². The first kappa shape index (κ1) is 15.2. The Morgan fingerprint density at radius 3 is 2.24 bits per heavy atom. The number of ether oxygens (including phenoxy) is 3. The molecule has 0 amide bonds. The molecule has 1 aliphatic heterocycles. The second-order valence-corrected chi connectivity index (χ2v) is 6.18. The summed E-state index contributed by atoms with van der Waals surface area (Å²) in [6.07, 6.45) is -2.28. The number of hydrogen-bond donors (Lipinski definition) is 3. The van der Waals surface area contributed by atoms with Crippen LogP contribution in [0, 0.1) is 0 Å². The fourth-order valence-corrected chi connectivity index (χ4v) is 3.62. The summed E-state index contributed by atoms with van der Waals surface area (Å²) in [5.41, 5.74) is 0. The number of carbonyl (C=O) groups excluding carboxylic acids is 1. The third-order valence-corrected chi connectivity index (χ3v) is 4.64. The summed E-state index contributed by atoms with van der Waals surface area (Å²) in [6, 6.07) is 0. The van der Waals surface area contributed by atoms with Crippen molar-refractivity contribution in [3.63, 3.8) is 0 Å². The molecule has 0 aromatic heterocycles. The molecule has 1 heterocycles. The highest BCUT2D eigenvalue weighted by Crippen LogP contribution is 2.45. The number of aliphatic hydroxyl groups is 3. The highest BCUT2D eigenvalue weighted by atomic mass is 16.8. The molecule has 2 aliphatic carbocycles. The van der Waals surface area contributed by atoms with Crippen LogP contribution in [-0.4, -0.2) is 63.7 Å². The Bertz CT molecular complexity index is 406. The molecule has 1 spiro atoms. The maximum Gasteiger partial charge on any atom is 0.303 e. The van der Waals surface area contributed by atoms with Crippen LogP contribution in [0.1, 0.15) is 39.0 Å². The smallest absolute Gasteiger partial charge is 0.303 e. The molecule has 2 saturated carbocycles. The third-order valence-electron chi connectivity index (χ3n) is 4.64. The van der Waals surface area contributed by atoms with Gasteiger partial charge in [0.25, 0.3) is 0 Å². The summed E-state index contributed by atoms with van der Waals surface area (Å²) < 4.78 is 17.0. The number of hydrogen-bond acceptors (Lipinski definition) is 7.